The second-order valence-electron chi connectivity index (χ2n) is 4.59. The van der Waals surface area contributed by atoms with Gasteiger partial charge in [-0.3, -0.25) is 4.79 Å². The Labute approximate surface area is 126 Å². The van der Waals surface area contributed by atoms with Gasteiger partial charge in [0.15, 0.2) is 0 Å². The highest BCUT2D eigenvalue weighted by Gasteiger charge is 2.07. The van der Waals surface area contributed by atoms with Gasteiger partial charge < -0.3 is 9.30 Å². The lowest BCUT2D eigenvalue weighted by Crippen LogP contribution is -2.20. The third-order valence-corrected chi connectivity index (χ3v) is 4.17. The zero-order valence-electron chi connectivity index (χ0n) is 11.2. The first-order valence-electron chi connectivity index (χ1n) is 6.01. The van der Waals surface area contributed by atoms with Gasteiger partial charge in [-0.15, -0.1) is 0 Å². The normalized spacial score (nSPS) is 10.5. The molecule has 0 N–H and O–H groups in total. The van der Waals surface area contributed by atoms with Crippen LogP contribution in [0.2, 0.25) is 0 Å². The first-order chi connectivity index (χ1) is 9.01. The quantitative estimate of drug-likeness (QED) is 0.779. The minimum Gasteiger partial charge on any atom is -0.496 e. The molecule has 0 aliphatic rings. The molecule has 0 bridgehead atoms. The van der Waals surface area contributed by atoms with Crippen molar-refractivity contribution in [3.63, 3.8) is 0 Å². The Bertz CT molecular complexity index is 662. The summed E-state index contributed by atoms with van der Waals surface area (Å²) in [6.45, 7) is 4.51. The topological polar surface area (TPSA) is 31.2 Å². The van der Waals surface area contributed by atoms with Crippen molar-refractivity contribution in [1.82, 2.24) is 4.57 Å². The highest BCUT2D eigenvalue weighted by atomic mass is 127. The van der Waals surface area contributed by atoms with Crippen LogP contribution in [-0.2, 0) is 6.54 Å². The minimum atomic E-state index is 0.0153. The molecule has 2 rings (SSSR count). The summed E-state index contributed by atoms with van der Waals surface area (Å²) in [5, 5.41) is 0. The van der Waals surface area contributed by atoms with Crippen molar-refractivity contribution in [1.29, 1.82) is 0 Å². The van der Waals surface area contributed by atoms with Crippen LogP contribution in [-0.4, -0.2) is 11.7 Å². The van der Waals surface area contributed by atoms with Crippen LogP contribution in [0.3, 0.4) is 0 Å². The van der Waals surface area contributed by atoms with Crippen molar-refractivity contribution < 1.29 is 4.74 Å². The highest BCUT2D eigenvalue weighted by molar-refractivity contribution is 14.1. The molecule has 1 aromatic heterocycles. The van der Waals surface area contributed by atoms with Crippen LogP contribution in [0.4, 0.5) is 0 Å². The third kappa shape index (κ3) is 3.18. The standard InChI is InChI=1S/C15H16INO2/c1-10-4-5-14(19-3)12(6-10)8-17-9-13(16)11(2)7-15(17)18/h4-7,9H,8H2,1-3H3. The van der Waals surface area contributed by atoms with Crippen LogP contribution < -0.4 is 10.3 Å². The second-order valence-corrected chi connectivity index (χ2v) is 5.75. The van der Waals surface area contributed by atoms with E-state index in [2.05, 4.69) is 28.7 Å². The molecule has 0 amide bonds. The lowest BCUT2D eigenvalue weighted by Gasteiger charge is -2.12. The Morgan fingerprint density at radius 1 is 1.26 bits per heavy atom. The zero-order valence-corrected chi connectivity index (χ0v) is 13.4. The van der Waals surface area contributed by atoms with Crippen molar-refractivity contribution >= 4 is 22.6 Å². The van der Waals surface area contributed by atoms with Crippen LogP contribution in [0, 0.1) is 17.4 Å². The number of ether oxygens (including phenoxy) is 1. The number of aryl methyl sites for hydroxylation is 2. The van der Waals surface area contributed by atoms with E-state index in [0.717, 1.165) is 26.0 Å². The lowest BCUT2D eigenvalue weighted by atomic mass is 10.1. The first-order valence-corrected chi connectivity index (χ1v) is 7.09. The van der Waals surface area contributed by atoms with Crippen LogP contribution in [0.1, 0.15) is 16.7 Å². The van der Waals surface area contributed by atoms with E-state index in [9.17, 15) is 4.79 Å². The molecule has 1 aromatic carbocycles. The molecule has 0 fully saturated rings. The fourth-order valence-electron chi connectivity index (χ4n) is 1.98. The summed E-state index contributed by atoms with van der Waals surface area (Å²) in [6.07, 6.45) is 1.89. The summed E-state index contributed by atoms with van der Waals surface area (Å²) in [5.41, 5.74) is 3.20. The highest BCUT2D eigenvalue weighted by Crippen LogP contribution is 2.20. The lowest BCUT2D eigenvalue weighted by molar-refractivity contribution is 0.408. The Hall–Kier alpha value is -1.30. The fraction of sp³-hybridized carbons (Fsp3) is 0.267. The molecule has 0 aliphatic carbocycles. The van der Waals surface area contributed by atoms with Gasteiger partial charge in [0.05, 0.1) is 13.7 Å². The van der Waals surface area contributed by atoms with Gasteiger partial charge >= 0.3 is 0 Å². The van der Waals surface area contributed by atoms with E-state index in [1.54, 1.807) is 17.7 Å². The Morgan fingerprint density at radius 2 is 2.00 bits per heavy atom. The average molecular weight is 369 g/mol. The number of halogens is 1. The van der Waals surface area contributed by atoms with E-state index in [1.165, 1.54) is 0 Å². The number of nitrogens with zero attached hydrogens (tertiary/aromatic N) is 1. The zero-order chi connectivity index (χ0) is 14.0. The van der Waals surface area contributed by atoms with Crippen molar-refractivity contribution in [2.24, 2.45) is 0 Å². The van der Waals surface area contributed by atoms with Gasteiger partial charge in [-0.1, -0.05) is 17.7 Å². The number of hydrogen-bond donors (Lipinski definition) is 0. The van der Waals surface area contributed by atoms with Crippen molar-refractivity contribution in [2.75, 3.05) is 7.11 Å². The van der Waals surface area contributed by atoms with Crippen molar-refractivity contribution in [2.45, 2.75) is 20.4 Å². The molecule has 0 saturated carbocycles. The van der Waals surface area contributed by atoms with Gasteiger partial charge in [0.2, 0.25) is 0 Å². The van der Waals surface area contributed by atoms with E-state index < -0.39 is 0 Å². The molecule has 19 heavy (non-hydrogen) atoms. The molecule has 0 atom stereocenters. The number of benzene rings is 1. The van der Waals surface area contributed by atoms with E-state index in [1.807, 2.05) is 32.2 Å². The maximum absolute atomic E-state index is 12.0. The molecule has 100 valence electrons. The monoisotopic (exact) mass is 369 g/mol. The Balaban J connectivity index is 2.44. The van der Waals surface area contributed by atoms with E-state index in [0.29, 0.717) is 6.54 Å². The largest absolute Gasteiger partial charge is 0.496 e. The summed E-state index contributed by atoms with van der Waals surface area (Å²) < 4.78 is 8.15. The fourth-order valence-corrected chi connectivity index (χ4v) is 2.47. The average Bonchev–Trinajstić information content (AvgIpc) is 2.36. The predicted octanol–water partition coefficient (Wildman–Crippen LogP) is 3.13. The summed E-state index contributed by atoms with van der Waals surface area (Å²) in [7, 11) is 1.65. The SMILES string of the molecule is COc1ccc(C)cc1Cn1cc(I)c(C)cc1=O. The molecule has 0 radical (unpaired) electrons. The van der Waals surface area contributed by atoms with E-state index in [-0.39, 0.29) is 5.56 Å². The van der Waals surface area contributed by atoms with Crippen molar-refractivity contribution in [3.8, 4) is 5.75 Å². The molecule has 0 aliphatic heterocycles. The van der Waals surface area contributed by atoms with Crippen LogP contribution in [0.5, 0.6) is 5.75 Å². The molecular weight excluding hydrogens is 353 g/mol. The number of aromatic nitrogens is 1. The van der Waals surface area contributed by atoms with Crippen LogP contribution >= 0.6 is 22.6 Å². The van der Waals surface area contributed by atoms with Gasteiger partial charge in [-0.25, -0.2) is 0 Å². The van der Waals surface area contributed by atoms with Gasteiger partial charge in [-0.05, 0) is 48.1 Å². The van der Waals surface area contributed by atoms with Gasteiger partial charge in [0.25, 0.3) is 5.56 Å². The molecule has 0 spiro atoms. The molecule has 0 unspecified atom stereocenters. The number of methoxy groups -OCH3 is 1. The summed E-state index contributed by atoms with van der Waals surface area (Å²) in [6, 6.07) is 7.67. The maximum atomic E-state index is 12.0. The van der Waals surface area contributed by atoms with E-state index >= 15 is 0 Å². The van der Waals surface area contributed by atoms with Crippen molar-refractivity contribution in [3.05, 3.63) is 61.1 Å². The van der Waals surface area contributed by atoms with Crippen LogP contribution in [0.25, 0.3) is 0 Å². The number of rotatable bonds is 3. The van der Waals surface area contributed by atoms with Gasteiger partial charge in [0.1, 0.15) is 5.75 Å². The molecular formula is C15H16INO2. The third-order valence-electron chi connectivity index (χ3n) is 3.05. The Kier molecular flexibility index (Phi) is 4.29. The minimum absolute atomic E-state index is 0.0153. The number of pyridine rings is 1. The predicted molar refractivity (Wildman–Crippen MR) is 85.0 cm³/mol. The molecule has 1 heterocycles. The maximum Gasteiger partial charge on any atom is 0.251 e. The number of hydrogen-bond acceptors (Lipinski definition) is 2. The summed E-state index contributed by atoms with van der Waals surface area (Å²) >= 11 is 2.24. The first kappa shape index (κ1) is 14.1. The summed E-state index contributed by atoms with van der Waals surface area (Å²) in [5.74, 6) is 0.813. The molecule has 3 nitrogen and oxygen atoms in total. The van der Waals surface area contributed by atoms with Gasteiger partial charge in [-0.2, -0.15) is 0 Å². The molecule has 0 saturated heterocycles. The summed E-state index contributed by atoms with van der Waals surface area (Å²) in [4.78, 5) is 12.0. The van der Waals surface area contributed by atoms with Gasteiger partial charge in [0, 0.05) is 21.4 Å². The van der Waals surface area contributed by atoms with E-state index in [4.69, 9.17) is 4.74 Å². The second kappa shape index (κ2) is 5.77. The molecule has 4 heteroatoms. The Morgan fingerprint density at radius 3 is 2.68 bits per heavy atom. The van der Waals surface area contributed by atoms with Crippen LogP contribution in [0.15, 0.2) is 35.3 Å². The molecule has 2 aromatic rings. The smallest absolute Gasteiger partial charge is 0.251 e.